The molecule has 1 atom stereocenters. The third-order valence-electron chi connectivity index (χ3n) is 2.52. The normalized spacial score (nSPS) is 11.8. The molecule has 1 unspecified atom stereocenters. The van der Waals surface area contributed by atoms with Crippen LogP contribution in [0.3, 0.4) is 0 Å². The van der Waals surface area contributed by atoms with Crippen molar-refractivity contribution >= 4 is 11.9 Å². The number of carboxylic acid groups (broad SMARTS) is 1. The van der Waals surface area contributed by atoms with Crippen molar-refractivity contribution in [3.63, 3.8) is 0 Å². The van der Waals surface area contributed by atoms with Gasteiger partial charge in [-0.3, -0.25) is 4.79 Å². The maximum atomic E-state index is 11.6. The Morgan fingerprint density at radius 2 is 1.94 bits per heavy atom. The first-order valence-electron chi connectivity index (χ1n) is 5.87. The SMILES string of the molecule is CNCCCC(=O)NC(C(=O)O)c1ccccc1. The number of amides is 1. The number of aliphatic carboxylic acids is 1. The Morgan fingerprint density at radius 3 is 2.50 bits per heavy atom. The van der Waals surface area contributed by atoms with Gasteiger partial charge in [0.15, 0.2) is 6.04 Å². The lowest BCUT2D eigenvalue weighted by Crippen LogP contribution is -2.33. The Bertz CT molecular complexity index is 392. The van der Waals surface area contributed by atoms with Gasteiger partial charge in [0.1, 0.15) is 0 Å². The second kappa shape index (κ2) is 7.45. The van der Waals surface area contributed by atoms with E-state index in [4.69, 9.17) is 5.11 Å². The van der Waals surface area contributed by atoms with Crippen molar-refractivity contribution in [3.05, 3.63) is 35.9 Å². The molecule has 1 rings (SSSR count). The van der Waals surface area contributed by atoms with Crippen LogP contribution in [0, 0.1) is 0 Å². The minimum Gasteiger partial charge on any atom is -0.479 e. The van der Waals surface area contributed by atoms with Crippen LogP contribution in [0.4, 0.5) is 0 Å². The number of benzene rings is 1. The number of carbonyl (C=O) groups is 2. The highest BCUT2D eigenvalue weighted by molar-refractivity contribution is 5.84. The second-order valence-electron chi connectivity index (χ2n) is 3.96. The van der Waals surface area contributed by atoms with Crippen molar-refractivity contribution in [3.8, 4) is 0 Å². The second-order valence-corrected chi connectivity index (χ2v) is 3.96. The van der Waals surface area contributed by atoms with Gasteiger partial charge in [0.25, 0.3) is 0 Å². The van der Waals surface area contributed by atoms with Crippen LogP contribution in [0.5, 0.6) is 0 Å². The lowest BCUT2D eigenvalue weighted by molar-refractivity contribution is -0.142. The topological polar surface area (TPSA) is 78.4 Å². The molecule has 1 aromatic rings. The highest BCUT2D eigenvalue weighted by Crippen LogP contribution is 2.12. The van der Waals surface area contributed by atoms with Crippen LogP contribution in [0.1, 0.15) is 24.4 Å². The highest BCUT2D eigenvalue weighted by atomic mass is 16.4. The Balaban J connectivity index is 2.59. The van der Waals surface area contributed by atoms with E-state index in [2.05, 4.69) is 10.6 Å². The van der Waals surface area contributed by atoms with Gasteiger partial charge in [0.05, 0.1) is 0 Å². The Hall–Kier alpha value is -1.88. The molecule has 0 heterocycles. The summed E-state index contributed by atoms with van der Waals surface area (Å²) in [6.07, 6.45) is 1.00. The first-order chi connectivity index (χ1) is 8.65. The van der Waals surface area contributed by atoms with E-state index >= 15 is 0 Å². The van der Waals surface area contributed by atoms with Crippen molar-refractivity contribution in [2.24, 2.45) is 0 Å². The predicted octanol–water partition coefficient (Wildman–Crippen LogP) is 0.928. The van der Waals surface area contributed by atoms with Crippen LogP contribution in [0.25, 0.3) is 0 Å². The van der Waals surface area contributed by atoms with Gasteiger partial charge in [-0.1, -0.05) is 30.3 Å². The average molecular weight is 250 g/mol. The van der Waals surface area contributed by atoms with Crippen molar-refractivity contribution in [1.82, 2.24) is 10.6 Å². The van der Waals surface area contributed by atoms with Crippen molar-refractivity contribution in [1.29, 1.82) is 0 Å². The summed E-state index contributed by atoms with van der Waals surface area (Å²) >= 11 is 0. The molecular weight excluding hydrogens is 232 g/mol. The van der Waals surface area contributed by atoms with Gasteiger partial charge in [-0.15, -0.1) is 0 Å². The van der Waals surface area contributed by atoms with E-state index in [1.807, 2.05) is 7.05 Å². The lowest BCUT2D eigenvalue weighted by atomic mass is 10.1. The standard InChI is InChI=1S/C13H18N2O3/c1-14-9-5-8-11(16)15-12(13(17)18)10-6-3-2-4-7-10/h2-4,6-7,12,14H,5,8-9H2,1H3,(H,15,16)(H,17,18). The van der Waals surface area contributed by atoms with Crippen LogP contribution in [-0.4, -0.2) is 30.6 Å². The predicted molar refractivity (Wildman–Crippen MR) is 68.1 cm³/mol. The third kappa shape index (κ3) is 4.55. The molecule has 0 bridgehead atoms. The fourth-order valence-electron chi connectivity index (χ4n) is 1.59. The number of rotatable bonds is 7. The molecule has 0 aliphatic carbocycles. The van der Waals surface area contributed by atoms with Crippen LogP contribution in [0.2, 0.25) is 0 Å². The molecule has 3 N–H and O–H groups in total. The summed E-state index contributed by atoms with van der Waals surface area (Å²) in [5, 5.41) is 14.6. The smallest absolute Gasteiger partial charge is 0.330 e. The molecule has 0 aliphatic rings. The number of carboxylic acids is 1. The van der Waals surface area contributed by atoms with Crippen LogP contribution >= 0.6 is 0 Å². The summed E-state index contributed by atoms with van der Waals surface area (Å²) in [5.74, 6) is -1.30. The molecule has 0 saturated carbocycles. The lowest BCUT2D eigenvalue weighted by Gasteiger charge is -2.14. The zero-order valence-electron chi connectivity index (χ0n) is 10.3. The number of hydrogen-bond donors (Lipinski definition) is 3. The van der Waals surface area contributed by atoms with E-state index in [1.54, 1.807) is 30.3 Å². The van der Waals surface area contributed by atoms with Gasteiger partial charge < -0.3 is 15.7 Å². The molecular formula is C13H18N2O3. The molecule has 0 aliphatic heterocycles. The first kappa shape index (κ1) is 14.2. The fourth-order valence-corrected chi connectivity index (χ4v) is 1.59. The molecule has 0 aromatic heterocycles. The quantitative estimate of drug-likeness (QED) is 0.629. The molecule has 0 radical (unpaired) electrons. The van der Waals surface area contributed by atoms with E-state index in [0.29, 0.717) is 18.4 Å². The molecule has 98 valence electrons. The molecule has 5 heteroatoms. The molecule has 1 aromatic carbocycles. The first-order valence-corrected chi connectivity index (χ1v) is 5.87. The summed E-state index contributed by atoms with van der Waals surface area (Å²) in [6.45, 7) is 0.733. The van der Waals surface area contributed by atoms with Gasteiger partial charge in [0.2, 0.25) is 5.91 Å². The minimum absolute atomic E-state index is 0.249. The molecule has 5 nitrogen and oxygen atoms in total. The molecule has 0 spiro atoms. The Kier molecular flexibility index (Phi) is 5.87. The maximum Gasteiger partial charge on any atom is 0.330 e. The summed E-state index contributed by atoms with van der Waals surface area (Å²) in [5.41, 5.74) is 0.576. The highest BCUT2D eigenvalue weighted by Gasteiger charge is 2.21. The Labute approximate surface area is 106 Å². The Morgan fingerprint density at radius 1 is 1.28 bits per heavy atom. The summed E-state index contributed by atoms with van der Waals surface area (Å²) < 4.78 is 0. The molecule has 1 amide bonds. The number of carbonyl (C=O) groups excluding carboxylic acids is 1. The van der Waals surface area contributed by atoms with Crippen molar-refractivity contribution in [2.75, 3.05) is 13.6 Å². The van der Waals surface area contributed by atoms with E-state index in [1.165, 1.54) is 0 Å². The fraction of sp³-hybridized carbons (Fsp3) is 0.385. The van der Waals surface area contributed by atoms with E-state index in [9.17, 15) is 9.59 Å². The minimum atomic E-state index is -1.05. The van der Waals surface area contributed by atoms with Crippen LogP contribution < -0.4 is 10.6 Å². The number of nitrogens with one attached hydrogen (secondary N) is 2. The van der Waals surface area contributed by atoms with Gasteiger partial charge in [-0.25, -0.2) is 4.79 Å². The number of hydrogen-bond acceptors (Lipinski definition) is 3. The zero-order valence-corrected chi connectivity index (χ0v) is 10.3. The van der Waals surface area contributed by atoms with Crippen molar-refractivity contribution < 1.29 is 14.7 Å². The van der Waals surface area contributed by atoms with Crippen LogP contribution in [0.15, 0.2) is 30.3 Å². The van der Waals surface area contributed by atoms with Crippen molar-refractivity contribution in [2.45, 2.75) is 18.9 Å². The zero-order chi connectivity index (χ0) is 13.4. The maximum absolute atomic E-state index is 11.6. The monoisotopic (exact) mass is 250 g/mol. The average Bonchev–Trinajstić information content (AvgIpc) is 2.37. The summed E-state index contributed by atoms with van der Waals surface area (Å²) in [6, 6.07) is 7.70. The van der Waals surface area contributed by atoms with Crippen LogP contribution in [-0.2, 0) is 9.59 Å². The summed E-state index contributed by atoms with van der Waals surface area (Å²) in [7, 11) is 1.81. The molecule has 18 heavy (non-hydrogen) atoms. The summed E-state index contributed by atoms with van der Waals surface area (Å²) in [4.78, 5) is 22.7. The van der Waals surface area contributed by atoms with E-state index < -0.39 is 12.0 Å². The largest absolute Gasteiger partial charge is 0.479 e. The van der Waals surface area contributed by atoms with E-state index in [-0.39, 0.29) is 5.91 Å². The van der Waals surface area contributed by atoms with Gasteiger partial charge in [-0.05, 0) is 25.6 Å². The van der Waals surface area contributed by atoms with Gasteiger partial charge in [0, 0.05) is 6.42 Å². The van der Waals surface area contributed by atoms with E-state index in [0.717, 1.165) is 6.54 Å². The van der Waals surface area contributed by atoms with Gasteiger partial charge >= 0.3 is 5.97 Å². The third-order valence-corrected chi connectivity index (χ3v) is 2.52. The molecule has 0 fully saturated rings. The van der Waals surface area contributed by atoms with Gasteiger partial charge in [-0.2, -0.15) is 0 Å². The molecule has 0 saturated heterocycles.